The van der Waals surface area contributed by atoms with E-state index in [0.29, 0.717) is 12.2 Å². The number of benzene rings is 1. The zero-order valence-electron chi connectivity index (χ0n) is 10.9. The minimum absolute atomic E-state index is 0.118. The van der Waals surface area contributed by atoms with Crippen LogP contribution >= 0.6 is 0 Å². The van der Waals surface area contributed by atoms with Gasteiger partial charge in [-0.3, -0.25) is 0 Å². The summed E-state index contributed by atoms with van der Waals surface area (Å²) in [5.41, 5.74) is 0.642. The second-order valence-electron chi connectivity index (χ2n) is 5.33. The summed E-state index contributed by atoms with van der Waals surface area (Å²) in [4.78, 5) is 22.3. The van der Waals surface area contributed by atoms with E-state index in [0.717, 1.165) is 6.42 Å². The summed E-state index contributed by atoms with van der Waals surface area (Å²) in [5.74, 6) is -1.43. The molecule has 0 heterocycles. The van der Waals surface area contributed by atoms with E-state index >= 15 is 0 Å². The highest BCUT2D eigenvalue weighted by Crippen LogP contribution is 2.18. The van der Waals surface area contributed by atoms with Gasteiger partial charge in [-0.2, -0.15) is 0 Å². The molecule has 4 heteroatoms. The lowest BCUT2D eigenvalue weighted by Gasteiger charge is -2.17. The zero-order valence-corrected chi connectivity index (χ0v) is 10.9. The number of carboxylic acids is 1. The summed E-state index contributed by atoms with van der Waals surface area (Å²) in [6.07, 6.45) is 0.784. The molecule has 0 aliphatic carbocycles. The van der Waals surface area contributed by atoms with Crippen LogP contribution in [0.3, 0.4) is 0 Å². The van der Waals surface area contributed by atoms with Gasteiger partial charge >= 0.3 is 11.9 Å². The molecule has 0 bridgehead atoms. The average molecular weight is 250 g/mol. The van der Waals surface area contributed by atoms with E-state index < -0.39 is 11.9 Å². The molecular weight excluding hydrogens is 232 g/mol. The van der Waals surface area contributed by atoms with Gasteiger partial charge in [-0.15, -0.1) is 0 Å². The summed E-state index contributed by atoms with van der Waals surface area (Å²) in [5, 5.41) is 8.73. The summed E-state index contributed by atoms with van der Waals surface area (Å²) in [6, 6.07) is 5.71. The molecule has 0 amide bonds. The molecule has 98 valence electrons. The number of aromatic carboxylic acids is 1. The number of hydrogen-bond acceptors (Lipinski definition) is 3. The Labute approximate surface area is 107 Å². The molecule has 1 aromatic rings. The van der Waals surface area contributed by atoms with E-state index in [2.05, 4.69) is 20.8 Å². The molecule has 0 aliphatic rings. The van der Waals surface area contributed by atoms with Crippen LogP contribution in [-0.4, -0.2) is 23.7 Å². The third kappa shape index (κ3) is 4.57. The summed E-state index contributed by atoms with van der Waals surface area (Å²) >= 11 is 0. The molecule has 0 spiro atoms. The van der Waals surface area contributed by atoms with Gasteiger partial charge in [0.2, 0.25) is 0 Å². The third-order valence-electron chi connectivity index (χ3n) is 2.45. The van der Waals surface area contributed by atoms with Gasteiger partial charge in [-0.25, -0.2) is 9.59 Å². The first-order chi connectivity index (χ1) is 8.29. The summed E-state index contributed by atoms with van der Waals surface area (Å²) in [7, 11) is 0. The highest BCUT2D eigenvalue weighted by molar-refractivity contribution is 5.92. The van der Waals surface area contributed by atoms with Gasteiger partial charge in [0.05, 0.1) is 17.7 Å². The fourth-order valence-corrected chi connectivity index (χ4v) is 1.28. The first-order valence-corrected chi connectivity index (χ1v) is 5.80. The number of ether oxygens (including phenoxy) is 1. The van der Waals surface area contributed by atoms with Gasteiger partial charge in [0.25, 0.3) is 0 Å². The number of carbonyl (C=O) groups is 2. The molecule has 0 aliphatic heterocycles. The molecule has 1 aromatic carbocycles. The fraction of sp³-hybridized carbons (Fsp3) is 0.429. The monoisotopic (exact) mass is 250 g/mol. The Hall–Kier alpha value is -1.84. The van der Waals surface area contributed by atoms with Crippen molar-refractivity contribution in [2.45, 2.75) is 27.2 Å². The number of carboxylic acid groups (broad SMARTS) is 1. The van der Waals surface area contributed by atoms with E-state index in [1.165, 1.54) is 24.3 Å². The third-order valence-corrected chi connectivity index (χ3v) is 2.45. The molecule has 0 saturated carbocycles. The lowest BCUT2D eigenvalue weighted by Crippen LogP contribution is -2.13. The first kappa shape index (κ1) is 14.2. The normalized spacial score (nSPS) is 11.1. The van der Waals surface area contributed by atoms with Crippen molar-refractivity contribution in [1.82, 2.24) is 0 Å². The van der Waals surface area contributed by atoms with E-state index in [1.807, 2.05) is 0 Å². The van der Waals surface area contributed by atoms with Crippen LogP contribution in [-0.2, 0) is 4.74 Å². The van der Waals surface area contributed by atoms with Crippen molar-refractivity contribution in [3.05, 3.63) is 35.4 Å². The lowest BCUT2D eigenvalue weighted by atomic mass is 9.93. The summed E-state index contributed by atoms with van der Waals surface area (Å²) in [6.45, 7) is 6.58. The molecule has 1 rings (SSSR count). The molecule has 4 nitrogen and oxygen atoms in total. The highest BCUT2D eigenvalue weighted by Gasteiger charge is 2.13. The van der Waals surface area contributed by atoms with Crippen molar-refractivity contribution in [1.29, 1.82) is 0 Å². The van der Waals surface area contributed by atoms with Gasteiger partial charge in [0, 0.05) is 0 Å². The second kappa shape index (κ2) is 5.67. The molecular formula is C14H18O4. The number of esters is 1. The largest absolute Gasteiger partial charge is 0.478 e. The molecule has 1 N–H and O–H groups in total. The summed E-state index contributed by atoms with van der Waals surface area (Å²) < 4.78 is 5.12. The van der Waals surface area contributed by atoms with Crippen LogP contribution in [0.4, 0.5) is 0 Å². The second-order valence-corrected chi connectivity index (χ2v) is 5.33. The SMILES string of the molecule is CC(C)(C)CCOC(=O)c1ccc(C(=O)O)cc1. The van der Waals surface area contributed by atoms with Gasteiger partial charge in [0.1, 0.15) is 0 Å². The molecule has 0 fully saturated rings. The topological polar surface area (TPSA) is 63.6 Å². The van der Waals surface area contributed by atoms with Crippen molar-refractivity contribution in [3.63, 3.8) is 0 Å². The number of carbonyl (C=O) groups excluding carboxylic acids is 1. The Kier molecular flexibility index (Phi) is 4.48. The van der Waals surface area contributed by atoms with Crippen LogP contribution < -0.4 is 0 Å². The van der Waals surface area contributed by atoms with Crippen molar-refractivity contribution in [2.24, 2.45) is 5.41 Å². The number of rotatable bonds is 4. The first-order valence-electron chi connectivity index (χ1n) is 5.80. The Morgan fingerprint density at radius 2 is 1.61 bits per heavy atom. The molecule has 0 unspecified atom stereocenters. The van der Waals surface area contributed by atoms with Crippen LogP contribution in [0.1, 0.15) is 47.9 Å². The molecule has 0 atom stereocenters. The van der Waals surface area contributed by atoms with Gasteiger partial charge in [-0.05, 0) is 36.1 Å². The Morgan fingerprint density at radius 3 is 2.06 bits per heavy atom. The molecule has 0 radical (unpaired) electrons. The predicted molar refractivity (Wildman–Crippen MR) is 67.8 cm³/mol. The Morgan fingerprint density at radius 1 is 1.11 bits per heavy atom. The average Bonchev–Trinajstić information content (AvgIpc) is 2.27. The minimum atomic E-state index is -1.01. The molecule has 0 saturated heterocycles. The van der Waals surface area contributed by atoms with Gasteiger partial charge in [-0.1, -0.05) is 20.8 Å². The van der Waals surface area contributed by atoms with E-state index in [1.54, 1.807) is 0 Å². The molecule has 0 aromatic heterocycles. The smallest absolute Gasteiger partial charge is 0.338 e. The number of hydrogen-bond donors (Lipinski definition) is 1. The minimum Gasteiger partial charge on any atom is -0.478 e. The zero-order chi connectivity index (χ0) is 13.8. The van der Waals surface area contributed by atoms with E-state index in [-0.39, 0.29) is 11.0 Å². The van der Waals surface area contributed by atoms with Crippen molar-refractivity contribution < 1.29 is 19.4 Å². The maximum Gasteiger partial charge on any atom is 0.338 e. The van der Waals surface area contributed by atoms with Crippen LogP contribution in [0, 0.1) is 5.41 Å². The highest BCUT2D eigenvalue weighted by atomic mass is 16.5. The maximum atomic E-state index is 11.6. The van der Waals surface area contributed by atoms with Crippen LogP contribution in [0.15, 0.2) is 24.3 Å². The van der Waals surface area contributed by atoms with E-state index in [4.69, 9.17) is 9.84 Å². The molecule has 18 heavy (non-hydrogen) atoms. The van der Waals surface area contributed by atoms with Gasteiger partial charge < -0.3 is 9.84 Å². The predicted octanol–water partition coefficient (Wildman–Crippen LogP) is 2.98. The van der Waals surface area contributed by atoms with Crippen molar-refractivity contribution in [3.8, 4) is 0 Å². The van der Waals surface area contributed by atoms with Crippen molar-refractivity contribution in [2.75, 3.05) is 6.61 Å². The Balaban J connectivity index is 2.54. The van der Waals surface area contributed by atoms with E-state index in [9.17, 15) is 9.59 Å². The quantitative estimate of drug-likeness (QED) is 0.834. The Bertz CT molecular complexity index is 426. The maximum absolute atomic E-state index is 11.6. The van der Waals surface area contributed by atoms with Gasteiger partial charge in [0.15, 0.2) is 0 Å². The van der Waals surface area contributed by atoms with Crippen LogP contribution in [0.2, 0.25) is 0 Å². The van der Waals surface area contributed by atoms with Crippen LogP contribution in [0.25, 0.3) is 0 Å². The van der Waals surface area contributed by atoms with Crippen molar-refractivity contribution >= 4 is 11.9 Å². The van der Waals surface area contributed by atoms with Crippen LogP contribution in [0.5, 0.6) is 0 Å². The lowest BCUT2D eigenvalue weighted by molar-refractivity contribution is 0.0464. The fourth-order valence-electron chi connectivity index (χ4n) is 1.28. The standard InChI is InChI=1S/C14H18O4/c1-14(2,3)8-9-18-13(17)11-6-4-10(5-7-11)12(15)16/h4-7H,8-9H2,1-3H3,(H,15,16).